The number of carbonyl (C=O) groups excluding carboxylic acids is 2. The zero-order chi connectivity index (χ0) is 29.6. The Kier molecular flexibility index (Phi) is 20.8. The first-order valence-electron chi connectivity index (χ1n) is 13.3. The molecule has 40 heavy (non-hydrogen) atoms. The van der Waals surface area contributed by atoms with E-state index in [1.165, 1.54) is 18.7 Å². The lowest BCUT2D eigenvalue weighted by Gasteiger charge is -2.31. The van der Waals surface area contributed by atoms with Crippen molar-refractivity contribution in [2.75, 3.05) is 84.5 Å². The third kappa shape index (κ3) is 18.4. The number of thioether (sulfide) groups is 1. The van der Waals surface area contributed by atoms with Crippen LogP contribution >= 0.6 is 19.6 Å². The number of nitrogens with two attached hydrogens (primary N) is 1. The lowest BCUT2D eigenvalue weighted by Crippen LogP contribution is -2.39. The Balaban J connectivity index is 2.19. The van der Waals surface area contributed by atoms with Gasteiger partial charge in [0.1, 0.15) is 24.9 Å². The lowest BCUT2D eigenvalue weighted by molar-refractivity contribution is -0.237. The first-order valence-corrected chi connectivity index (χ1v) is 16.1. The third-order valence-electron chi connectivity index (χ3n) is 5.26. The van der Waals surface area contributed by atoms with Crippen molar-refractivity contribution < 1.29 is 56.9 Å². The second kappa shape index (κ2) is 22.5. The maximum atomic E-state index is 12.3. The summed E-state index contributed by atoms with van der Waals surface area (Å²) in [5.41, 5.74) is 5.37. The lowest BCUT2D eigenvalue weighted by atomic mass is 10.2. The molecule has 17 heteroatoms. The molecule has 0 bridgehead atoms. The average Bonchev–Trinajstić information content (AvgIpc) is 3.25. The number of nitrogens with one attached hydrogen (secondary N) is 2. The van der Waals surface area contributed by atoms with Crippen LogP contribution < -0.4 is 21.3 Å². The molecule has 5 N–H and O–H groups in total. The van der Waals surface area contributed by atoms with Crippen LogP contribution in [0.5, 0.6) is 0 Å². The zero-order valence-electron chi connectivity index (χ0n) is 23.3. The van der Waals surface area contributed by atoms with E-state index < -0.39 is 38.3 Å². The highest BCUT2D eigenvalue weighted by Gasteiger charge is 2.40. The number of phosphoric acid groups is 1. The Bertz CT molecular complexity index is 741. The molecule has 1 aliphatic rings. The first-order chi connectivity index (χ1) is 19.2. The largest absolute Gasteiger partial charge is 0.756 e. The summed E-state index contributed by atoms with van der Waals surface area (Å²) in [6.45, 7) is 4.60. The van der Waals surface area contributed by atoms with E-state index >= 15 is 0 Å². The Hall–Kier alpha value is -1.04. The van der Waals surface area contributed by atoms with Gasteiger partial charge in [0, 0.05) is 38.5 Å². The number of alkyl carbamates (subject to hydrolysis) is 1. The minimum atomic E-state index is -4.88. The van der Waals surface area contributed by atoms with Gasteiger partial charge in [0.05, 0.1) is 39.1 Å². The van der Waals surface area contributed by atoms with E-state index in [1.54, 1.807) is 0 Å². The molecular formula is C23H45N3O12PS-. The van der Waals surface area contributed by atoms with E-state index in [2.05, 4.69) is 10.6 Å². The molecular weight excluding hydrogens is 573 g/mol. The summed E-state index contributed by atoms with van der Waals surface area (Å²) < 4.78 is 48.8. The number of rotatable bonds is 24. The van der Waals surface area contributed by atoms with Crippen LogP contribution in [0.2, 0.25) is 0 Å². The SMILES string of the molecule is CSCCC(=O)NCC(C)OP(=O)([O-])OC1C(O)CO[C@@H]1COC(=O)NCCCOCCOCCOCCCN. The van der Waals surface area contributed by atoms with Gasteiger partial charge in [-0.3, -0.25) is 9.36 Å². The fraction of sp³-hybridized carbons (Fsp3) is 0.913. The van der Waals surface area contributed by atoms with E-state index in [1.807, 2.05) is 6.26 Å². The van der Waals surface area contributed by atoms with Gasteiger partial charge in [0.25, 0.3) is 7.82 Å². The van der Waals surface area contributed by atoms with Gasteiger partial charge >= 0.3 is 6.09 Å². The minimum Gasteiger partial charge on any atom is -0.756 e. The molecule has 5 atom stereocenters. The monoisotopic (exact) mass is 618 g/mol. The molecule has 236 valence electrons. The van der Waals surface area contributed by atoms with Gasteiger partial charge < -0.3 is 59.1 Å². The van der Waals surface area contributed by atoms with E-state index in [0.717, 1.165) is 6.42 Å². The summed E-state index contributed by atoms with van der Waals surface area (Å²) in [6.07, 6.45) is -1.73. The number of ether oxygens (including phenoxy) is 5. The Morgan fingerprint density at radius 1 is 1.12 bits per heavy atom. The molecule has 1 saturated heterocycles. The highest BCUT2D eigenvalue weighted by atomic mass is 32.2. The minimum absolute atomic E-state index is 0.0382. The van der Waals surface area contributed by atoms with E-state index in [0.29, 0.717) is 64.8 Å². The highest BCUT2D eigenvalue weighted by Crippen LogP contribution is 2.43. The number of hydrogen-bond acceptors (Lipinski definition) is 14. The third-order valence-corrected chi connectivity index (χ3v) is 6.99. The maximum absolute atomic E-state index is 12.3. The molecule has 1 heterocycles. The fourth-order valence-electron chi connectivity index (χ4n) is 3.21. The second-order valence-electron chi connectivity index (χ2n) is 8.78. The van der Waals surface area contributed by atoms with Crippen LogP contribution in [0, 0.1) is 0 Å². The van der Waals surface area contributed by atoms with Gasteiger partial charge in [0.2, 0.25) is 5.91 Å². The van der Waals surface area contributed by atoms with Crippen LogP contribution in [0.1, 0.15) is 26.2 Å². The highest BCUT2D eigenvalue weighted by molar-refractivity contribution is 7.98. The summed E-state index contributed by atoms with van der Waals surface area (Å²) in [5.74, 6) is 0.416. The van der Waals surface area contributed by atoms with Crippen LogP contribution in [-0.2, 0) is 42.1 Å². The molecule has 0 radical (unpaired) electrons. The number of aliphatic hydroxyl groups is 1. The molecule has 4 unspecified atom stereocenters. The number of amides is 2. The molecule has 1 fully saturated rings. The molecule has 0 aromatic carbocycles. The van der Waals surface area contributed by atoms with Gasteiger partial charge in [-0.15, -0.1) is 0 Å². The summed E-state index contributed by atoms with van der Waals surface area (Å²) in [5, 5.41) is 15.2. The quantitative estimate of drug-likeness (QED) is 0.0786. The van der Waals surface area contributed by atoms with Crippen molar-refractivity contribution in [1.29, 1.82) is 0 Å². The van der Waals surface area contributed by atoms with Gasteiger partial charge in [-0.2, -0.15) is 11.8 Å². The number of aliphatic hydroxyl groups excluding tert-OH is 1. The Morgan fingerprint density at radius 2 is 1.77 bits per heavy atom. The van der Waals surface area contributed by atoms with Crippen molar-refractivity contribution >= 4 is 31.6 Å². The molecule has 0 aromatic heterocycles. The first kappa shape index (κ1) is 37.0. The summed E-state index contributed by atoms with van der Waals surface area (Å²) in [7, 11) is -4.88. The molecule has 1 aliphatic heterocycles. The van der Waals surface area contributed by atoms with Crippen molar-refractivity contribution in [3.8, 4) is 0 Å². The molecule has 2 amide bonds. The zero-order valence-corrected chi connectivity index (χ0v) is 25.0. The van der Waals surface area contributed by atoms with Gasteiger partial charge in [-0.25, -0.2) is 4.79 Å². The fourth-order valence-corrected chi connectivity index (χ4v) is 4.74. The molecule has 0 spiro atoms. The van der Waals surface area contributed by atoms with Gasteiger partial charge in [-0.05, 0) is 32.6 Å². The summed E-state index contributed by atoms with van der Waals surface area (Å²) in [4.78, 5) is 36.0. The van der Waals surface area contributed by atoms with Crippen molar-refractivity contribution in [3.05, 3.63) is 0 Å². The number of hydrogen-bond donors (Lipinski definition) is 4. The Labute approximate surface area is 240 Å². The number of phosphoric ester groups is 1. The van der Waals surface area contributed by atoms with E-state index in [9.17, 15) is 24.2 Å². The van der Waals surface area contributed by atoms with Crippen molar-refractivity contribution in [1.82, 2.24) is 10.6 Å². The van der Waals surface area contributed by atoms with Crippen LogP contribution in [0.25, 0.3) is 0 Å². The van der Waals surface area contributed by atoms with Crippen molar-refractivity contribution in [3.63, 3.8) is 0 Å². The van der Waals surface area contributed by atoms with Crippen LogP contribution in [0.3, 0.4) is 0 Å². The molecule has 0 aromatic rings. The van der Waals surface area contributed by atoms with Crippen molar-refractivity contribution in [2.24, 2.45) is 5.73 Å². The topological polar surface area (TPSA) is 209 Å². The van der Waals surface area contributed by atoms with Gasteiger partial charge in [-0.1, -0.05) is 0 Å². The molecule has 0 saturated carbocycles. The van der Waals surface area contributed by atoms with E-state index in [-0.39, 0.29) is 32.2 Å². The number of carbonyl (C=O) groups is 2. The Morgan fingerprint density at radius 3 is 2.42 bits per heavy atom. The standard InChI is InChI=1S/C23H46N3O12PS/c1-18(15-26-21(28)5-14-40-2)37-39(30,31)38-22-19(27)16-35-20(22)17-36-23(29)25-7-4-9-33-11-13-34-12-10-32-8-3-6-24/h18-20,22,27H,3-17,24H2,1-2H3,(H,25,29)(H,26,28)(H,30,31)/p-1/t18?,19?,20-,22?/m1/s1. The van der Waals surface area contributed by atoms with Crippen LogP contribution in [-0.4, -0.2) is 126 Å². The smallest absolute Gasteiger partial charge is 0.407 e. The predicted octanol–water partition coefficient (Wildman–Crippen LogP) is -0.611. The van der Waals surface area contributed by atoms with Crippen LogP contribution in [0.4, 0.5) is 4.79 Å². The second-order valence-corrected chi connectivity index (χ2v) is 11.1. The molecule has 1 rings (SSSR count). The molecule has 15 nitrogen and oxygen atoms in total. The van der Waals surface area contributed by atoms with Crippen LogP contribution in [0.15, 0.2) is 0 Å². The predicted molar refractivity (Wildman–Crippen MR) is 145 cm³/mol. The maximum Gasteiger partial charge on any atom is 0.407 e. The normalized spacial score (nSPS) is 21.1. The molecule has 0 aliphatic carbocycles. The van der Waals surface area contributed by atoms with E-state index in [4.69, 9.17) is 38.5 Å². The van der Waals surface area contributed by atoms with Gasteiger partial charge in [0.15, 0.2) is 0 Å². The summed E-state index contributed by atoms with van der Waals surface area (Å²) >= 11 is 1.52. The summed E-state index contributed by atoms with van der Waals surface area (Å²) in [6, 6.07) is 0. The van der Waals surface area contributed by atoms with Crippen molar-refractivity contribution in [2.45, 2.75) is 50.6 Å². The average molecular weight is 619 g/mol.